The van der Waals surface area contributed by atoms with Crippen LogP contribution in [0.5, 0.6) is 0 Å². The van der Waals surface area contributed by atoms with Crippen LogP contribution in [0.4, 0.5) is 4.79 Å². The standard InChI is InChI=1S/C10H17NO4/c1-10(8(12)7-15-2)3-5-11(6-4-10)9(13)14/h3-7H2,1-2H3,(H,13,14). The first-order valence-corrected chi connectivity index (χ1v) is 5.00. The molecule has 1 aliphatic heterocycles. The van der Waals surface area contributed by atoms with Crippen LogP contribution in [0, 0.1) is 5.41 Å². The van der Waals surface area contributed by atoms with Crippen molar-refractivity contribution in [1.82, 2.24) is 4.90 Å². The molecule has 0 spiro atoms. The summed E-state index contributed by atoms with van der Waals surface area (Å²) in [5.74, 6) is 0.0649. The van der Waals surface area contributed by atoms with Gasteiger partial charge < -0.3 is 14.7 Å². The Balaban J connectivity index is 2.54. The van der Waals surface area contributed by atoms with Gasteiger partial charge in [0.05, 0.1) is 0 Å². The van der Waals surface area contributed by atoms with Gasteiger partial charge in [0.15, 0.2) is 5.78 Å². The maximum absolute atomic E-state index is 11.7. The number of carbonyl (C=O) groups excluding carboxylic acids is 1. The van der Waals surface area contributed by atoms with Crippen molar-refractivity contribution in [2.75, 3.05) is 26.8 Å². The first-order valence-electron chi connectivity index (χ1n) is 5.00. The molecule has 0 aliphatic carbocycles. The molecule has 5 nitrogen and oxygen atoms in total. The SMILES string of the molecule is COCC(=O)C1(C)CCN(C(=O)O)CC1. The molecule has 1 rings (SSSR count). The summed E-state index contributed by atoms with van der Waals surface area (Å²) < 4.78 is 4.82. The third-order valence-corrected chi connectivity index (χ3v) is 3.09. The van der Waals surface area contributed by atoms with E-state index < -0.39 is 11.5 Å². The topological polar surface area (TPSA) is 66.8 Å². The van der Waals surface area contributed by atoms with Crippen LogP contribution in [0.1, 0.15) is 19.8 Å². The molecule has 1 amide bonds. The quantitative estimate of drug-likeness (QED) is 0.762. The number of carbonyl (C=O) groups is 2. The zero-order valence-electron chi connectivity index (χ0n) is 9.15. The second kappa shape index (κ2) is 4.61. The predicted molar refractivity (Wildman–Crippen MR) is 53.8 cm³/mol. The number of methoxy groups -OCH3 is 1. The lowest BCUT2D eigenvalue weighted by molar-refractivity contribution is -0.134. The number of nitrogens with zero attached hydrogens (tertiary/aromatic N) is 1. The first-order chi connectivity index (χ1) is 6.99. The van der Waals surface area contributed by atoms with E-state index in [-0.39, 0.29) is 12.4 Å². The van der Waals surface area contributed by atoms with Crippen molar-refractivity contribution in [3.63, 3.8) is 0 Å². The molecule has 0 aromatic rings. The summed E-state index contributed by atoms with van der Waals surface area (Å²) in [4.78, 5) is 23.7. The average Bonchev–Trinajstić information content (AvgIpc) is 2.18. The highest BCUT2D eigenvalue weighted by atomic mass is 16.5. The second-order valence-electron chi connectivity index (χ2n) is 4.19. The van der Waals surface area contributed by atoms with Gasteiger partial charge in [0.1, 0.15) is 6.61 Å². The lowest BCUT2D eigenvalue weighted by Crippen LogP contribution is -2.45. The molecule has 0 aromatic heterocycles. The van der Waals surface area contributed by atoms with Crippen LogP contribution in [0.15, 0.2) is 0 Å². The number of ketones is 1. The lowest BCUT2D eigenvalue weighted by Gasteiger charge is -2.36. The van der Waals surface area contributed by atoms with Crippen LogP contribution in [-0.2, 0) is 9.53 Å². The van der Waals surface area contributed by atoms with Gasteiger partial charge in [0.2, 0.25) is 0 Å². The van der Waals surface area contributed by atoms with Crippen molar-refractivity contribution >= 4 is 11.9 Å². The smallest absolute Gasteiger partial charge is 0.407 e. The van der Waals surface area contributed by atoms with E-state index in [0.717, 1.165) is 0 Å². The van der Waals surface area contributed by atoms with Crippen molar-refractivity contribution in [2.24, 2.45) is 5.41 Å². The molecule has 86 valence electrons. The highest BCUT2D eigenvalue weighted by Gasteiger charge is 2.37. The van der Waals surface area contributed by atoms with Gasteiger partial charge in [0, 0.05) is 25.6 Å². The van der Waals surface area contributed by atoms with E-state index in [0.29, 0.717) is 25.9 Å². The van der Waals surface area contributed by atoms with E-state index in [1.807, 2.05) is 6.92 Å². The highest BCUT2D eigenvalue weighted by molar-refractivity contribution is 5.85. The van der Waals surface area contributed by atoms with Crippen molar-refractivity contribution in [3.05, 3.63) is 0 Å². The van der Waals surface area contributed by atoms with Crippen LogP contribution in [0.3, 0.4) is 0 Å². The van der Waals surface area contributed by atoms with E-state index in [1.54, 1.807) is 0 Å². The monoisotopic (exact) mass is 215 g/mol. The van der Waals surface area contributed by atoms with Gasteiger partial charge in [-0.3, -0.25) is 4.79 Å². The summed E-state index contributed by atoms with van der Waals surface area (Å²) in [5.41, 5.74) is -0.415. The third kappa shape index (κ3) is 2.68. The Morgan fingerprint density at radius 3 is 2.33 bits per heavy atom. The normalized spacial score (nSPS) is 20.0. The molecular weight excluding hydrogens is 198 g/mol. The minimum absolute atomic E-state index is 0.0649. The van der Waals surface area contributed by atoms with Crippen LogP contribution < -0.4 is 0 Å². The number of ether oxygens (including phenoxy) is 1. The molecule has 1 N–H and O–H groups in total. The molecular formula is C10H17NO4. The maximum atomic E-state index is 11.7. The van der Waals surface area contributed by atoms with E-state index in [1.165, 1.54) is 12.0 Å². The Morgan fingerprint density at radius 2 is 1.93 bits per heavy atom. The predicted octanol–water partition coefficient (Wildman–Crippen LogP) is 0.982. The zero-order chi connectivity index (χ0) is 11.5. The highest BCUT2D eigenvalue weighted by Crippen LogP contribution is 2.31. The molecule has 0 unspecified atom stereocenters. The Hall–Kier alpha value is -1.10. The molecule has 1 fully saturated rings. The fourth-order valence-electron chi connectivity index (χ4n) is 1.78. The minimum Gasteiger partial charge on any atom is -0.465 e. The van der Waals surface area contributed by atoms with Gasteiger partial charge in [-0.1, -0.05) is 6.92 Å². The molecule has 1 aliphatic rings. The Kier molecular flexibility index (Phi) is 3.68. The van der Waals surface area contributed by atoms with Crippen molar-refractivity contribution in [2.45, 2.75) is 19.8 Å². The van der Waals surface area contributed by atoms with Crippen LogP contribution in [0.2, 0.25) is 0 Å². The van der Waals surface area contributed by atoms with Gasteiger partial charge in [0.25, 0.3) is 0 Å². The number of carboxylic acid groups (broad SMARTS) is 1. The summed E-state index contributed by atoms with van der Waals surface area (Å²) in [6.45, 7) is 2.86. The molecule has 0 atom stereocenters. The molecule has 0 saturated carbocycles. The number of hydrogen-bond acceptors (Lipinski definition) is 3. The van der Waals surface area contributed by atoms with Crippen LogP contribution in [0.25, 0.3) is 0 Å². The Morgan fingerprint density at radius 1 is 1.40 bits per heavy atom. The van der Waals surface area contributed by atoms with E-state index >= 15 is 0 Å². The summed E-state index contributed by atoms with van der Waals surface area (Å²) in [6, 6.07) is 0. The van der Waals surface area contributed by atoms with Crippen molar-refractivity contribution in [3.8, 4) is 0 Å². The largest absolute Gasteiger partial charge is 0.465 e. The Labute approximate surface area is 89.0 Å². The number of rotatable bonds is 3. The number of Topliss-reactive ketones (excluding diaryl/α,β-unsaturated/α-hetero) is 1. The average molecular weight is 215 g/mol. The molecule has 0 bridgehead atoms. The fourth-order valence-corrected chi connectivity index (χ4v) is 1.78. The summed E-state index contributed by atoms with van der Waals surface area (Å²) in [7, 11) is 1.49. The molecule has 15 heavy (non-hydrogen) atoms. The summed E-state index contributed by atoms with van der Waals surface area (Å²) >= 11 is 0. The van der Waals surface area contributed by atoms with Gasteiger partial charge in [-0.25, -0.2) is 4.79 Å². The van der Waals surface area contributed by atoms with Crippen molar-refractivity contribution in [1.29, 1.82) is 0 Å². The van der Waals surface area contributed by atoms with E-state index in [9.17, 15) is 9.59 Å². The third-order valence-electron chi connectivity index (χ3n) is 3.09. The van der Waals surface area contributed by atoms with Gasteiger partial charge >= 0.3 is 6.09 Å². The first kappa shape index (κ1) is 12.0. The maximum Gasteiger partial charge on any atom is 0.407 e. The molecule has 0 radical (unpaired) electrons. The number of likely N-dealkylation sites (tertiary alicyclic amines) is 1. The molecule has 0 aromatic carbocycles. The number of piperidine rings is 1. The molecule has 1 heterocycles. The second-order valence-corrected chi connectivity index (χ2v) is 4.19. The lowest BCUT2D eigenvalue weighted by atomic mass is 9.77. The van der Waals surface area contributed by atoms with Crippen LogP contribution in [-0.4, -0.2) is 48.7 Å². The minimum atomic E-state index is -0.906. The van der Waals surface area contributed by atoms with Gasteiger partial charge in [-0.2, -0.15) is 0 Å². The van der Waals surface area contributed by atoms with Gasteiger partial charge in [-0.15, -0.1) is 0 Å². The fraction of sp³-hybridized carbons (Fsp3) is 0.800. The number of amides is 1. The summed E-state index contributed by atoms with van der Waals surface area (Å²) in [5, 5.41) is 8.77. The molecule has 1 saturated heterocycles. The van der Waals surface area contributed by atoms with Crippen LogP contribution >= 0.6 is 0 Å². The number of hydrogen-bond donors (Lipinski definition) is 1. The van der Waals surface area contributed by atoms with E-state index in [4.69, 9.17) is 9.84 Å². The van der Waals surface area contributed by atoms with Crippen molar-refractivity contribution < 1.29 is 19.4 Å². The van der Waals surface area contributed by atoms with Gasteiger partial charge in [-0.05, 0) is 12.8 Å². The zero-order valence-corrected chi connectivity index (χ0v) is 9.15. The summed E-state index contributed by atoms with van der Waals surface area (Å²) in [6.07, 6.45) is 0.263. The molecule has 5 heteroatoms. The Bertz CT molecular complexity index is 256. The van der Waals surface area contributed by atoms with E-state index in [2.05, 4.69) is 0 Å².